The number of ether oxygens (including phenoxy) is 1. The van der Waals surface area contributed by atoms with E-state index in [1.54, 1.807) is 6.07 Å². The van der Waals surface area contributed by atoms with E-state index in [1.165, 1.54) is 17.7 Å². The summed E-state index contributed by atoms with van der Waals surface area (Å²) in [5, 5.41) is 0. The topological polar surface area (TPSA) is 35.2 Å². The molecule has 19 heavy (non-hydrogen) atoms. The third-order valence-electron chi connectivity index (χ3n) is 3.49. The van der Waals surface area contributed by atoms with Gasteiger partial charge < -0.3 is 10.5 Å². The summed E-state index contributed by atoms with van der Waals surface area (Å²) in [6.07, 6.45) is 1.56. The highest BCUT2D eigenvalue weighted by atomic mass is 19.1. The molecule has 3 heteroatoms. The largest absolute Gasteiger partial charge is 0.490 e. The molecule has 0 fully saturated rings. The van der Waals surface area contributed by atoms with Gasteiger partial charge in [-0.1, -0.05) is 36.4 Å². The van der Waals surface area contributed by atoms with E-state index in [4.69, 9.17) is 10.5 Å². The first-order chi connectivity index (χ1) is 9.22. The SMILES string of the molecule is N[C@H]1CC(Cc2ccccc2)Oc2cc(F)ccc21. The second kappa shape index (κ2) is 5.02. The second-order valence-electron chi connectivity index (χ2n) is 4.95. The molecule has 0 aliphatic carbocycles. The number of halogens is 1. The van der Waals surface area contributed by atoms with Gasteiger partial charge in [-0.3, -0.25) is 0 Å². The maximum atomic E-state index is 13.3. The summed E-state index contributed by atoms with van der Waals surface area (Å²) in [5.74, 6) is 0.297. The third kappa shape index (κ3) is 2.61. The van der Waals surface area contributed by atoms with Gasteiger partial charge in [0.05, 0.1) is 0 Å². The molecule has 0 amide bonds. The second-order valence-corrected chi connectivity index (χ2v) is 4.95. The van der Waals surface area contributed by atoms with Gasteiger partial charge in [-0.2, -0.15) is 0 Å². The molecular formula is C16H16FNO. The first-order valence-electron chi connectivity index (χ1n) is 6.48. The van der Waals surface area contributed by atoms with Crippen molar-refractivity contribution in [3.05, 3.63) is 65.5 Å². The van der Waals surface area contributed by atoms with Crippen molar-refractivity contribution in [3.63, 3.8) is 0 Å². The predicted molar refractivity (Wildman–Crippen MR) is 72.5 cm³/mol. The first kappa shape index (κ1) is 12.2. The molecule has 2 atom stereocenters. The molecule has 0 radical (unpaired) electrons. The van der Waals surface area contributed by atoms with Crippen LogP contribution in [0.2, 0.25) is 0 Å². The van der Waals surface area contributed by atoms with Crippen LogP contribution in [0.1, 0.15) is 23.6 Å². The smallest absolute Gasteiger partial charge is 0.127 e. The number of fused-ring (bicyclic) bond motifs is 1. The lowest BCUT2D eigenvalue weighted by molar-refractivity contribution is 0.158. The maximum absolute atomic E-state index is 13.3. The summed E-state index contributed by atoms with van der Waals surface area (Å²) in [6, 6.07) is 14.6. The molecule has 1 aliphatic rings. The zero-order valence-electron chi connectivity index (χ0n) is 10.6. The quantitative estimate of drug-likeness (QED) is 0.896. The minimum Gasteiger partial charge on any atom is -0.490 e. The molecule has 2 aromatic carbocycles. The van der Waals surface area contributed by atoms with Crippen LogP contribution in [-0.2, 0) is 6.42 Å². The van der Waals surface area contributed by atoms with Crippen LogP contribution in [0.25, 0.3) is 0 Å². The van der Waals surface area contributed by atoms with Crippen molar-refractivity contribution in [2.24, 2.45) is 5.73 Å². The van der Waals surface area contributed by atoms with E-state index in [0.29, 0.717) is 5.75 Å². The normalized spacial score (nSPS) is 21.6. The molecule has 2 N–H and O–H groups in total. The Kier molecular flexibility index (Phi) is 3.22. The molecule has 0 bridgehead atoms. The number of rotatable bonds is 2. The fraction of sp³-hybridized carbons (Fsp3) is 0.250. The van der Waals surface area contributed by atoms with Crippen molar-refractivity contribution in [1.29, 1.82) is 0 Å². The van der Waals surface area contributed by atoms with Crippen LogP contribution >= 0.6 is 0 Å². The molecule has 0 spiro atoms. The molecule has 1 aliphatic heterocycles. The van der Waals surface area contributed by atoms with Gasteiger partial charge in [-0.25, -0.2) is 4.39 Å². The lowest BCUT2D eigenvalue weighted by Crippen LogP contribution is -2.31. The summed E-state index contributed by atoms with van der Waals surface area (Å²) in [6.45, 7) is 0. The Morgan fingerprint density at radius 3 is 2.74 bits per heavy atom. The van der Waals surface area contributed by atoms with Gasteiger partial charge in [0.1, 0.15) is 17.7 Å². The molecule has 1 heterocycles. The van der Waals surface area contributed by atoms with Crippen molar-refractivity contribution in [2.45, 2.75) is 25.0 Å². The number of benzene rings is 2. The Morgan fingerprint density at radius 2 is 1.95 bits per heavy atom. The van der Waals surface area contributed by atoms with Crippen LogP contribution in [-0.4, -0.2) is 6.10 Å². The van der Waals surface area contributed by atoms with Crippen LogP contribution in [0, 0.1) is 5.82 Å². The van der Waals surface area contributed by atoms with Crippen LogP contribution in [0.15, 0.2) is 48.5 Å². The van der Waals surface area contributed by atoms with Crippen molar-refractivity contribution in [3.8, 4) is 5.75 Å². The van der Waals surface area contributed by atoms with Gasteiger partial charge in [0.15, 0.2) is 0 Å². The Bertz CT molecular complexity index is 570. The van der Waals surface area contributed by atoms with E-state index in [0.717, 1.165) is 18.4 Å². The van der Waals surface area contributed by atoms with E-state index in [-0.39, 0.29) is 18.0 Å². The summed E-state index contributed by atoms with van der Waals surface area (Å²) >= 11 is 0. The standard InChI is InChI=1S/C16H16FNO/c17-12-6-7-14-15(18)10-13(19-16(14)9-12)8-11-4-2-1-3-5-11/h1-7,9,13,15H,8,10,18H2/t13?,15-/m0/s1. The monoisotopic (exact) mass is 257 g/mol. The zero-order chi connectivity index (χ0) is 13.2. The lowest BCUT2D eigenvalue weighted by Gasteiger charge is -2.30. The van der Waals surface area contributed by atoms with Crippen LogP contribution in [0.5, 0.6) is 5.75 Å². The molecule has 0 aromatic heterocycles. The molecular weight excluding hydrogens is 241 g/mol. The highest BCUT2D eigenvalue weighted by Gasteiger charge is 2.26. The van der Waals surface area contributed by atoms with Crippen molar-refractivity contribution >= 4 is 0 Å². The number of hydrogen-bond donors (Lipinski definition) is 1. The molecule has 0 saturated heterocycles. The van der Waals surface area contributed by atoms with Crippen molar-refractivity contribution in [1.82, 2.24) is 0 Å². The maximum Gasteiger partial charge on any atom is 0.127 e. The zero-order valence-corrected chi connectivity index (χ0v) is 10.6. The highest BCUT2D eigenvalue weighted by molar-refractivity contribution is 5.38. The Labute approximate surface area is 112 Å². The van der Waals surface area contributed by atoms with E-state index in [2.05, 4.69) is 12.1 Å². The van der Waals surface area contributed by atoms with E-state index in [9.17, 15) is 4.39 Å². The van der Waals surface area contributed by atoms with Gasteiger partial charge in [0.2, 0.25) is 0 Å². The van der Waals surface area contributed by atoms with Crippen LogP contribution in [0.3, 0.4) is 0 Å². The van der Waals surface area contributed by atoms with Crippen LogP contribution in [0.4, 0.5) is 4.39 Å². The van der Waals surface area contributed by atoms with E-state index < -0.39 is 0 Å². The molecule has 3 rings (SSSR count). The first-order valence-corrected chi connectivity index (χ1v) is 6.48. The van der Waals surface area contributed by atoms with E-state index >= 15 is 0 Å². The third-order valence-corrected chi connectivity index (χ3v) is 3.49. The average molecular weight is 257 g/mol. The summed E-state index contributed by atoms with van der Waals surface area (Å²) in [4.78, 5) is 0. The summed E-state index contributed by atoms with van der Waals surface area (Å²) in [7, 11) is 0. The van der Waals surface area contributed by atoms with Gasteiger partial charge in [-0.15, -0.1) is 0 Å². The minimum absolute atomic E-state index is 0.00620. The Balaban J connectivity index is 1.81. The molecule has 1 unspecified atom stereocenters. The lowest BCUT2D eigenvalue weighted by atomic mass is 9.94. The van der Waals surface area contributed by atoms with Gasteiger partial charge in [0, 0.05) is 30.5 Å². The highest BCUT2D eigenvalue weighted by Crippen LogP contribution is 2.34. The fourth-order valence-corrected chi connectivity index (χ4v) is 2.56. The van der Waals surface area contributed by atoms with Crippen molar-refractivity contribution in [2.75, 3.05) is 0 Å². The van der Waals surface area contributed by atoms with Gasteiger partial charge in [0.25, 0.3) is 0 Å². The molecule has 0 saturated carbocycles. The summed E-state index contributed by atoms with van der Waals surface area (Å²) in [5.41, 5.74) is 8.24. The average Bonchev–Trinajstić information content (AvgIpc) is 2.39. The minimum atomic E-state index is -0.286. The molecule has 98 valence electrons. The number of nitrogens with two attached hydrogens (primary N) is 1. The predicted octanol–water partition coefficient (Wildman–Crippen LogP) is 3.22. The molecule has 2 nitrogen and oxygen atoms in total. The van der Waals surface area contributed by atoms with Crippen molar-refractivity contribution < 1.29 is 9.13 Å². The van der Waals surface area contributed by atoms with E-state index in [1.807, 2.05) is 18.2 Å². The van der Waals surface area contributed by atoms with Gasteiger partial charge in [-0.05, 0) is 11.6 Å². The fourth-order valence-electron chi connectivity index (χ4n) is 2.56. The summed E-state index contributed by atoms with van der Waals surface area (Å²) < 4.78 is 19.1. The molecule has 2 aromatic rings. The van der Waals surface area contributed by atoms with Gasteiger partial charge >= 0.3 is 0 Å². The Morgan fingerprint density at radius 1 is 1.16 bits per heavy atom. The number of hydrogen-bond acceptors (Lipinski definition) is 2. The van der Waals surface area contributed by atoms with Crippen LogP contribution < -0.4 is 10.5 Å². The Hall–Kier alpha value is -1.87.